The van der Waals surface area contributed by atoms with Crippen LogP contribution >= 0.6 is 0 Å². The molecule has 0 saturated carbocycles. The fourth-order valence-electron chi connectivity index (χ4n) is 2.13. The normalized spacial score (nSPS) is 19.0. The molecular formula is C15H23N3O2. The predicted molar refractivity (Wildman–Crippen MR) is 78.8 cm³/mol. The molecule has 5 nitrogen and oxygen atoms in total. The Kier molecular flexibility index (Phi) is 4.16. The molecule has 1 aliphatic heterocycles. The van der Waals surface area contributed by atoms with Crippen LogP contribution in [0.3, 0.4) is 0 Å². The van der Waals surface area contributed by atoms with Gasteiger partial charge in [0.05, 0.1) is 0 Å². The zero-order chi connectivity index (χ0) is 14.8. The van der Waals surface area contributed by atoms with Crippen molar-refractivity contribution in [1.82, 2.24) is 9.88 Å². The maximum absolute atomic E-state index is 12.0. The number of pyridine rings is 1. The molecule has 0 bridgehead atoms. The molecule has 110 valence electrons. The van der Waals surface area contributed by atoms with Crippen molar-refractivity contribution in [2.45, 2.75) is 45.8 Å². The molecule has 1 atom stereocenters. The highest BCUT2D eigenvalue weighted by atomic mass is 16.6. The Morgan fingerprint density at radius 3 is 2.80 bits per heavy atom. The van der Waals surface area contributed by atoms with E-state index in [0.717, 1.165) is 24.3 Å². The number of aromatic nitrogens is 1. The molecule has 1 aromatic heterocycles. The van der Waals surface area contributed by atoms with Crippen LogP contribution in [0.15, 0.2) is 18.3 Å². The number of anilines is 1. The second-order valence-electron chi connectivity index (χ2n) is 6.28. The summed E-state index contributed by atoms with van der Waals surface area (Å²) in [6.45, 7) is 9.03. The van der Waals surface area contributed by atoms with Crippen molar-refractivity contribution in [3.8, 4) is 0 Å². The summed E-state index contributed by atoms with van der Waals surface area (Å²) in [5.41, 5.74) is 0.693. The third-order valence-corrected chi connectivity index (χ3v) is 3.10. The average molecular weight is 277 g/mol. The van der Waals surface area contributed by atoms with Crippen molar-refractivity contribution < 1.29 is 9.53 Å². The number of hydrogen-bond donors (Lipinski definition) is 1. The van der Waals surface area contributed by atoms with Crippen LogP contribution in [0, 0.1) is 6.92 Å². The van der Waals surface area contributed by atoms with Gasteiger partial charge in [0.2, 0.25) is 0 Å². The Labute approximate surface area is 120 Å². The molecule has 1 aliphatic rings. The molecule has 2 heterocycles. The van der Waals surface area contributed by atoms with Crippen molar-refractivity contribution in [2.24, 2.45) is 0 Å². The molecule has 1 fully saturated rings. The number of carbonyl (C=O) groups is 1. The highest BCUT2D eigenvalue weighted by Gasteiger charge is 2.29. The summed E-state index contributed by atoms with van der Waals surface area (Å²) in [4.78, 5) is 18.0. The molecule has 2 rings (SSSR count). The van der Waals surface area contributed by atoms with Crippen LogP contribution in [0.25, 0.3) is 0 Å². The predicted octanol–water partition coefficient (Wildman–Crippen LogP) is 2.81. The van der Waals surface area contributed by atoms with Crippen molar-refractivity contribution in [2.75, 3.05) is 18.4 Å². The zero-order valence-electron chi connectivity index (χ0n) is 12.6. The van der Waals surface area contributed by atoms with E-state index in [1.807, 2.05) is 46.0 Å². The highest BCUT2D eigenvalue weighted by Crippen LogP contribution is 2.17. The summed E-state index contributed by atoms with van der Waals surface area (Å²) >= 11 is 0. The van der Waals surface area contributed by atoms with E-state index in [2.05, 4.69) is 10.3 Å². The lowest BCUT2D eigenvalue weighted by Crippen LogP contribution is -2.36. The second-order valence-corrected chi connectivity index (χ2v) is 6.28. The summed E-state index contributed by atoms with van der Waals surface area (Å²) in [7, 11) is 0. The van der Waals surface area contributed by atoms with Crippen LogP contribution in [0.2, 0.25) is 0 Å². The maximum atomic E-state index is 12.0. The largest absolute Gasteiger partial charge is 0.444 e. The number of amides is 1. The van der Waals surface area contributed by atoms with Crippen LogP contribution in [0.5, 0.6) is 0 Å². The number of aryl methyl sites for hydroxylation is 1. The molecule has 1 saturated heterocycles. The first-order valence-corrected chi connectivity index (χ1v) is 7.00. The van der Waals surface area contributed by atoms with Crippen molar-refractivity contribution in [3.63, 3.8) is 0 Å². The highest BCUT2D eigenvalue weighted by molar-refractivity contribution is 5.68. The van der Waals surface area contributed by atoms with E-state index in [9.17, 15) is 4.79 Å². The van der Waals surface area contributed by atoms with Gasteiger partial charge in [-0.15, -0.1) is 0 Å². The molecule has 1 aromatic rings. The van der Waals surface area contributed by atoms with Crippen LogP contribution in [-0.2, 0) is 4.74 Å². The minimum Gasteiger partial charge on any atom is -0.444 e. The lowest BCUT2D eigenvalue weighted by Gasteiger charge is -2.24. The number of nitrogens with zero attached hydrogens (tertiary/aromatic N) is 2. The number of likely N-dealkylation sites (tertiary alicyclic amines) is 1. The van der Waals surface area contributed by atoms with E-state index >= 15 is 0 Å². The van der Waals surface area contributed by atoms with Gasteiger partial charge in [0.1, 0.15) is 11.4 Å². The molecule has 0 aromatic carbocycles. The van der Waals surface area contributed by atoms with Gasteiger partial charge in [0.15, 0.2) is 0 Å². The van der Waals surface area contributed by atoms with Gasteiger partial charge in [-0.25, -0.2) is 9.78 Å². The van der Waals surface area contributed by atoms with Gasteiger partial charge in [-0.1, -0.05) is 6.07 Å². The summed E-state index contributed by atoms with van der Waals surface area (Å²) in [5.74, 6) is 0.853. The van der Waals surface area contributed by atoms with Crippen molar-refractivity contribution >= 4 is 11.9 Å². The molecule has 1 N–H and O–H groups in total. The number of ether oxygens (including phenoxy) is 1. The summed E-state index contributed by atoms with van der Waals surface area (Å²) < 4.78 is 5.38. The molecule has 20 heavy (non-hydrogen) atoms. The van der Waals surface area contributed by atoms with Gasteiger partial charge in [-0.2, -0.15) is 0 Å². The first-order chi connectivity index (χ1) is 9.33. The van der Waals surface area contributed by atoms with E-state index < -0.39 is 5.60 Å². The van der Waals surface area contributed by atoms with Gasteiger partial charge >= 0.3 is 6.09 Å². The monoisotopic (exact) mass is 277 g/mol. The Balaban J connectivity index is 1.86. The first-order valence-electron chi connectivity index (χ1n) is 7.00. The van der Waals surface area contributed by atoms with Crippen LogP contribution in [0.4, 0.5) is 10.6 Å². The smallest absolute Gasteiger partial charge is 0.410 e. The van der Waals surface area contributed by atoms with E-state index in [-0.39, 0.29) is 12.1 Å². The number of hydrogen-bond acceptors (Lipinski definition) is 4. The van der Waals surface area contributed by atoms with E-state index in [1.54, 1.807) is 4.90 Å². The van der Waals surface area contributed by atoms with Crippen LogP contribution < -0.4 is 5.32 Å². The Morgan fingerprint density at radius 1 is 1.45 bits per heavy atom. The maximum Gasteiger partial charge on any atom is 0.410 e. The minimum absolute atomic E-state index is 0.234. The Bertz CT molecular complexity index is 465. The number of carbonyl (C=O) groups excluding carboxylic acids is 1. The van der Waals surface area contributed by atoms with Gasteiger partial charge in [0, 0.05) is 25.3 Å². The van der Waals surface area contributed by atoms with Gasteiger partial charge in [-0.3, -0.25) is 0 Å². The first kappa shape index (κ1) is 14.6. The molecule has 1 amide bonds. The molecule has 0 aliphatic carbocycles. The van der Waals surface area contributed by atoms with E-state index in [1.165, 1.54) is 0 Å². The second kappa shape index (κ2) is 5.69. The topological polar surface area (TPSA) is 54.5 Å². The molecule has 0 radical (unpaired) electrons. The van der Waals surface area contributed by atoms with Crippen LogP contribution in [0.1, 0.15) is 32.8 Å². The number of nitrogens with one attached hydrogen (secondary N) is 1. The standard InChI is InChI=1S/C15H23N3O2/c1-11-5-6-13(16-9-11)17-12-7-8-18(10-12)14(19)20-15(2,3)4/h5-6,9,12H,7-8,10H2,1-4H3,(H,16,17). The summed E-state index contributed by atoms with van der Waals surface area (Å²) in [5, 5.41) is 3.36. The quantitative estimate of drug-likeness (QED) is 0.903. The Hall–Kier alpha value is -1.78. The molecule has 0 spiro atoms. The minimum atomic E-state index is -0.443. The van der Waals surface area contributed by atoms with E-state index in [0.29, 0.717) is 6.54 Å². The SMILES string of the molecule is Cc1ccc(NC2CCN(C(=O)OC(C)(C)C)C2)nc1. The van der Waals surface area contributed by atoms with Crippen LogP contribution in [-0.4, -0.2) is 40.7 Å². The fourth-order valence-corrected chi connectivity index (χ4v) is 2.13. The number of rotatable bonds is 2. The van der Waals surface area contributed by atoms with Gasteiger partial charge < -0.3 is 15.0 Å². The molecule has 1 unspecified atom stereocenters. The van der Waals surface area contributed by atoms with Crippen molar-refractivity contribution in [1.29, 1.82) is 0 Å². The third-order valence-electron chi connectivity index (χ3n) is 3.10. The van der Waals surface area contributed by atoms with Gasteiger partial charge in [-0.05, 0) is 45.7 Å². The molecule has 5 heteroatoms. The fraction of sp³-hybridized carbons (Fsp3) is 0.600. The molecular weight excluding hydrogens is 254 g/mol. The average Bonchev–Trinajstić information content (AvgIpc) is 2.79. The zero-order valence-corrected chi connectivity index (χ0v) is 12.6. The summed E-state index contributed by atoms with van der Waals surface area (Å²) in [6, 6.07) is 4.22. The third kappa shape index (κ3) is 4.11. The lowest BCUT2D eigenvalue weighted by molar-refractivity contribution is 0.0293. The Morgan fingerprint density at radius 2 is 2.20 bits per heavy atom. The van der Waals surface area contributed by atoms with Crippen molar-refractivity contribution in [3.05, 3.63) is 23.9 Å². The summed E-state index contributed by atoms with van der Waals surface area (Å²) in [6.07, 6.45) is 2.51. The lowest BCUT2D eigenvalue weighted by atomic mass is 10.2. The van der Waals surface area contributed by atoms with Gasteiger partial charge in [0.25, 0.3) is 0 Å². The van der Waals surface area contributed by atoms with E-state index in [4.69, 9.17) is 4.74 Å².